The SMILES string of the molecule is CCc1ccc(N2CC(C)Cn3c2nc2c3c(=O)n(Cc3ccc(C)cc3)c(=O)n2C)cc1. The van der Waals surface area contributed by atoms with Crippen molar-refractivity contribution in [1.29, 1.82) is 0 Å². The van der Waals surface area contributed by atoms with Crippen LogP contribution in [0, 0.1) is 12.8 Å². The number of benzene rings is 2. The van der Waals surface area contributed by atoms with Crippen LogP contribution in [-0.4, -0.2) is 25.2 Å². The number of fused-ring (bicyclic) bond motifs is 3. The number of anilines is 2. The third kappa shape index (κ3) is 3.57. The third-order valence-corrected chi connectivity index (χ3v) is 6.56. The Morgan fingerprint density at radius 1 is 0.970 bits per heavy atom. The summed E-state index contributed by atoms with van der Waals surface area (Å²) in [7, 11) is 1.69. The van der Waals surface area contributed by atoms with E-state index in [9.17, 15) is 9.59 Å². The fraction of sp³-hybridized carbons (Fsp3) is 0.346. The van der Waals surface area contributed by atoms with Crippen LogP contribution >= 0.6 is 0 Å². The molecule has 7 nitrogen and oxygen atoms in total. The van der Waals surface area contributed by atoms with Crippen molar-refractivity contribution in [3.63, 3.8) is 0 Å². The van der Waals surface area contributed by atoms with Crippen LogP contribution in [0.1, 0.15) is 30.5 Å². The van der Waals surface area contributed by atoms with Gasteiger partial charge in [-0.25, -0.2) is 4.79 Å². The van der Waals surface area contributed by atoms with Crippen LogP contribution in [-0.2, 0) is 26.6 Å². The highest BCUT2D eigenvalue weighted by Crippen LogP contribution is 2.33. The summed E-state index contributed by atoms with van der Waals surface area (Å²) in [5, 5.41) is 0. The van der Waals surface area contributed by atoms with Crippen LogP contribution < -0.4 is 16.1 Å². The molecule has 33 heavy (non-hydrogen) atoms. The normalized spacial score (nSPS) is 15.8. The van der Waals surface area contributed by atoms with Gasteiger partial charge >= 0.3 is 5.69 Å². The molecule has 1 aliphatic heterocycles. The first-order valence-corrected chi connectivity index (χ1v) is 11.5. The zero-order chi connectivity index (χ0) is 23.3. The third-order valence-electron chi connectivity index (χ3n) is 6.56. The number of hydrogen-bond acceptors (Lipinski definition) is 4. The van der Waals surface area contributed by atoms with Gasteiger partial charge in [0.2, 0.25) is 5.95 Å². The van der Waals surface area contributed by atoms with Crippen molar-refractivity contribution in [3.05, 3.63) is 86.1 Å². The summed E-state index contributed by atoms with van der Waals surface area (Å²) >= 11 is 0. The average Bonchev–Trinajstić information content (AvgIpc) is 3.21. The highest BCUT2D eigenvalue weighted by molar-refractivity contribution is 5.77. The molecule has 4 aromatic rings. The summed E-state index contributed by atoms with van der Waals surface area (Å²) in [6.07, 6.45) is 0.984. The Kier molecular flexibility index (Phi) is 5.19. The molecular formula is C26H29N5O2. The minimum Gasteiger partial charge on any atom is -0.312 e. The summed E-state index contributed by atoms with van der Waals surface area (Å²) in [6.45, 7) is 8.06. The Hall–Kier alpha value is -3.61. The fourth-order valence-corrected chi connectivity index (χ4v) is 4.65. The number of nitrogens with zero attached hydrogens (tertiary/aromatic N) is 5. The van der Waals surface area contributed by atoms with E-state index < -0.39 is 0 Å². The maximum Gasteiger partial charge on any atom is 0.332 e. The molecule has 170 valence electrons. The van der Waals surface area contributed by atoms with E-state index in [0.717, 1.165) is 29.8 Å². The van der Waals surface area contributed by atoms with E-state index in [-0.39, 0.29) is 17.8 Å². The van der Waals surface area contributed by atoms with E-state index in [2.05, 4.69) is 43.0 Å². The predicted octanol–water partition coefficient (Wildman–Crippen LogP) is 3.60. The Morgan fingerprint density at radius 2 is 1.64 bits per heavy atom. The Bertz CT molecular complexity index is 1440. The van der Waals surface area contributed by atoms with E-state index in [0.29, 0.717) is 29.6 Å². The molecule has 0 spiro atoms. The number of aromatic nitrogens is 4. The molecule has 0 aliphatic carbocycles. The molecule has 1 aliphatic rings. The first-order valence-electron chi connectivity index (χ1n) is 11.5. The highest BCUT2D eigenvalue weighted by atomic mass is 16.2. The molecule has 0 amide bonds. The smallest absolute Gasteiger partial charge is 0.312 e. The van der Waals surface area contributed by atoms with Gasteiger partial charge in [-0.2, -0.15) is 4.98 Å². The molecule has 3 heterocycles. The summed E-state index contributed by atoms with van der Waals surface area (Å²) in [6, 6.07) is 16.4. The van der Waals surface area contributed by atoms with Gasteiger partial charge in [0, 0.05) is 25.8 Å². The van der Waals surface area contributed by atoms with Gasteiger partial charge in [-0.3, -0.25) is 13.9 Å². The van der Waals surface area contributed by atoms with Crippen molar-refractivity contribution in [2.45, 2.75) is 40.3 Å². The summed E-state index contributed by atoms with van der Waals surface area (Å²) in [4.78, 5) is 33.7. The van der Waals surface area contributed by atoms with Crippen LogP contribution in [0.15, 0.2) is 58.1 Å². The highest BCUT2D eigenvalue weighted by Gasteiger charge is 2.29. The van der Waals surface area contributed by atoms with Crippen LogP contribution in [0.3, 0.4) is 0 Å². The molecule has 5 rings (SSSR count). The predicted molar refractivity (Wildman–Crippen MR) is 132 cm³/mol. The number of aryl methyl sites for hydroxylation is 3. The zero-order valence-corrected chi connectivity index (χ0v) is 19.6. The molecule has 2 aromatic heterocycles. The van der Waals surface area contributed by atoms with Gasteiger partial charge in [0.05, 0.1) is 6.54 Å². The van der Waals surface area contributed by atoms with Gasteiger partial charge in [0.1, 0.15) is 0 Å². The number of imidazole rings is 1. The maximum atomic E-state index is 13.6. The molecule has 1 atom stereocenters. The van der Waals surface area contributed by atoms with Gasteiger partial charge < -0.3 is 9.47 Å². The van der Waals surface area contributed by atoms with Crippen molar-refractivity contribution in [2.75, 3.05) is 11.4 Å². The van der Waals surface area contributed by atoms with Crippen molar-refractivity contribution in [3.8, 4) is 0 Å². The van der Waals surface area contributed by atoms with Crippen LogP contribution in [0.2, 0.25) is 0 Å². The second kappa shape index (κ2) is 8.06. The van der Waals surface area contributed by atoms with Gasteiger partial charge in [0.15, 0.2) is 11.2 Å². The molecule has 0 saturated heterocycles. The van der Waals surface area contributed by atoms with Gasteiger partial charge in [-0.15, -0.1) is 0 Å². The lowest BCUT2D eigenvalue weighted by atomic mass is 10.1. The zero-order valence-electron chi connectivity index (χ0n) is 19.6. The molecule has 7 heteroatoms. The average molecular weight is 444 g/mol. The van der Waals surface area contributed by atoms with Crippen molar-refractivity contribution < 1.29 is 0 Å². The standard InChI is InChI=1S/C26H29N5O2/c1-5-19-10-12-21(13-11-19)29-14-18(3)15-30-22-23(27-25(29)30)28(4)26(33)31(24(22)32)16-20-8-6-17(2)7-9-20/h6-13,18H,5,14-16H2,1-4H3. The molecular weight excluding hydrogens is 414 g/mol. The molecule has 0 N–H and O–H groups in total. The Labute approximate surface area is 192 Å². The first-order chi connectivity index (χ1) is 15.9. The summed E-state index contributed by atoms with van der Waals surface area (Å²) in [5.41, 5.74) is 4.66. The van der Waals surface area contributed by atoms with E-state index in [1.165, 1.54) is 14.7 Å². The number of hydrogen-bond donors (Lipinski definition) is 0. The van der Waals surface area contributed by atoms with Gasteiger partial charge in [-0.1, -0.05) is 55.8 Å². The largest absolute Gasteiger partial charge is 0.332 e. The first kappa shape index (κ1) is 21.2. The lowest BCUT2D eigenvalue weighted by molar-refractivity contribution is 0.458. The van der Waals surface area contributed by atoms with Crippen molar-refractivity contribution in [2.24, 2.45) is 13.0 Å². The monoisotopic (exact) mass is 443 g/mol. The second-order valence-electron chi connectivity index (χ2n) is 9.15. The van der Waals surface area contributed by atoms with E-state index in [1.807, 2.05) is 35.8 Å². The van der Waals surface area contributed by atoms with Crippen LogP contribution in [0.4, 0.5) is 11.6 Å². The van der Waals surface area contributed by atoms with E-state index in [1.54, 1.807) is 7.05 Å². The second-order valence-corrected chi connectivity index (χ2v) is 9.15. The van der Waals surface area contributed by atoms with Crippen LogP contribution in [0.25, 0.3) is 11.2 Å². The molecule has 0 radical (unpaired) electrons. The van der Waals surface area contributed by atoms with Crippen LogP contribution in [0.5, 0.6) is 0 Å². The van der Waals surface area contributed by atoms with Gasteiger partial charge in [-0.05, 0) is 42.5 Å². The Balaban J connectivity index is 1.68. The lowest BCUT2D eigenvalue weighted by Gasteiger charge is -2.33. The Morgan fingerprint density at radius 3 is 2.30 bits per heavy atom. The topological polar surface area (TPSA) is 65.1 Å². The fourth-order valence-electron chi connectivity index (χ4n) is 4.65. The lowest BCUT2D eigenvalue weighted by Crippen LogP contribution is -2.40. The van der Waals surface area contributed by atoms with Gasteiger partial charge in [0.25, 0.3) is 5.56 Å². The molecule has 0 fully saturated rings. The molecule has 0 bridgehead atoms. The quantitative estimate of drug-likeness (QED) is 0.483. The van der Waals surface area contributed by atoms with Crippen molar-refractivity contribution in [1.82, 2.24) is 18.7 Å². The van der Waals surface area contributed by atoms with E-state index in [4.69, 9.17) is 4.98 Å². The van der Waals surface area contributed by atoms with Crippen molar-refractivity contribution >= 4 is 22.8 Å². The summed E-state index contributed by atoms with van der Waals surface area (Å²) < 4.78 is 4.81. The maximum absolute atomic E-state index is 13.6. The minimum atomic E-state index is -0.351. The molecule has 1 unspecified atom stereocenters. The molecule has 2 aromatic carbocycles. The molecule has 0 saturated carbocycles. The van der Waals surface area contributed by atoms with E-state index >= 15 is 0 Å². The minimum absolute atomic E-state index is 0.236. The summed E-state index contributed by atoms with van der Waals surface area (Å²) in [5.74, 6) is 1.04. The number of rotatable bonds is 4.